The summed E-state index contributed by atoms with van der Waals surface area (Å²) in [4.78, 5) is 17.9. The van der Waals surface area contributed by atoms with Gasteiger partial charge in [0.1, 0.15) is 11.6 Å². The SMILES string of the molecule is Cc1ccc(C2=C(C#N)C(=O)C3CCCCN4CCCN2C34)cc1. The van der Waals surface area contributed by atoms with Crippen LogP contribution in [0.2, 0.25) is 0 Å². The number of hydrogen-bond donors (Lipinski definition) is 0. The first-order valence-corrected chi connectivity index (χ1v) is 8.97. The predicted octanol–water partition coefficient (Wildman–Crippen LogP) is 2.95. The zero-order valence-electron chi connectivity index (χ0n) is 14.2. The van der Waals surface area contributed by atoms with Gasteiger partial charge in [0.05, 0.1) is 17.8 Å². The number of rotatable bonds is 1. The zero-order valence-corrected chi connectivity index (χ0v) is 14.2. The van der Waals surface area contributed by atoms with E-state index in [2.05, 4.69) is 34.9 Å². The van der Waals surface area contributed by atoms with Crippen LogP contribution in [0.3, 0.4) is 0 Å². The lowest BCUT2D eigenvalue weighted by Gasteiger charge is -2.50. The Hall–Kier alpha value is -2.12. The fourth-order valence-corrected chi connectivity index (χ4v) is 4.54. The molecule has 0 amide bonds. The van der Waals surface area contributed by atoms with E-state index in [1.165, 1.54) is 5.56 Å². The Balaban J connectivity index is 1.87. The molecule has 124 valence electrons. The summed E-state index contributed by atoms with van der Waals surface area (Å²) in [5, 5.41) is 9.74. The fourth-order valence-electron chi connectivity index (χ4n) is 4.54. The third kappa shape index (κ3) is 2.35. The Kier molecular flexibility index (Phi) is 3.90. The van der Waals surface area contributed by atoms with Crippen molar-refractivity contribution in [1.82, 2.24) is 9.80 Å². The molecule has 24 heavy (non-hydrogen) atoms. The van der Waals surface area contributed by atoms with Crippen LogP contribution in [0.15, 0.2) is 29.8 Å². The van der Waals surface area contributed by atoms with Crippen molar-refractivity contribution in [2.75, 3.05) is 19.6 Å². The molecule has 0 bridgehead atoms. The molecule has 0 aromatic heterocycles. The summed E-state index contributed by atoms with van der Waals surface area (Å²) in [6.45, 7) is 5.11. The lowest BCUT2D eigenvalue weighted by atomic mass is 9.83. The Morgan fingerprint density at radius 2 is 1.83 bits per heavy atom. The fraction of sp³-hybridized carbons (Fsp3) is 0.500. The molecule has 2 unspecified atom stereocenters. The molecule has 4 rings (SSSR count). The molecule has 0 spiro atoms. The number of aryl methyl sites for hydroxylation is 1. The van der Waals surface area contributed by atoms with Gasteiger partial charge in [0, 0.05) is 19.6 Å². The normalized spacial score (nSPS) is 27.5. The van der Waals surface area contributed by atoms with Gasteiger partial charge in [0.15, 0.2) is 5.78 Å². The van der Waals surface area contributed by atoms with E-state index in [0.717, 1.165) is 56.6 Å². The zero-order chi connectivity index (χ0) is 16.7. The predicted molar refractivity (Wildman–Crippen MR) is 92.7 cm³/mol. The van der Waals surface area contributed by atoms with Crippen LogP contribution in [0.4, 0.5) is 0 Å². The number of carbonyl (C=O) groups is 1. The van der Waals surface area contributed by atoms with Crippen molar-refractivity contribution >= 4 is 11.5 Å². The maximum atomic E-state index is 13.1. The molecular weight excluding hydrogens is 298 g/mol. The maximum Gasteiger partial charge on any atom is 0.182 e. The first-order valence-electron chi connectivity index (χ1n) is 8.97. The number of ketones is 1. The van der Waals surface area contributed by atoms with Crippen LogP contribution in [-0.2, 0) is 4.79 Å². The summed E-state index contributed by atoms with van der Waals surface area (Å²) in [5.41, 5.74) is 3.40. The summed E-state index contributed by atoms with van der Waals surface area (Å²) in [7, 11) is 0. The molecule has 4 nitrogen and oxygen atoms in total. The third-order valence-electron chi connectivity index (χ3n) is 5.65. The second-order valence-electron chi connectivity index (χ2n) is 7.16. The highest BCUT2D eigenvalue weighted by Gasteiger charge is 2.46. The van der Waals surface area contributed by atoms with E-state index in [-0.39, 0.29) is 17.9 Å². The van der Waals surface area contributed by atoms with Crippen LogP contribution in [0, 0.1) is 24.2 Å². The van der Waals surface area contributed by atoms with Gasteiger partial charge >= 0.3 is 0 Å². The van der Waals surface area contributed by atoms with Gasteiger partial charge in [-0.1, -0.05) is 36.2 Å². The van der Waals surface area contributed by atoms with E-state index in [1.807, 2.05) is 12.1 Å². The third-order valence-corrected chi connectivity index (χ3v) is 5.65. The number of nitriles is 1. The van der Waals surface area contributed by atoms with Crippen molar-refractivity contribution in [3.05, 3.63) is 41.0 Å². The number of benzene rings is 1. The Bertz CT molecular complexity index is 728. The second kappa shape index (κ2) is 6.07. The first-order chi connectivity index (χ1) is 11.7. The molecule has 2 atom stereocenters. The highest BCUT2D eigenvalue weighted by atomic mass is 16.1. The van der Waals surface area contributed by atoms with Crippen molar-refractivity contribution in [1.29, 1.82) is 5.26 Å². The van der Waals surface area contributed by atoms with Gasteiger partial charge in [-0.15, -0.1) is 0 Å². The van der Waals surface area contributed by atoms with Gasteiger partial charge in [-0.05, 0) is 31.7 Å². The van der Waals surface area contributed by atoms with Crippen molar-refractivity contribution in [2.45, 2.75) is 38.8 Å². The Labute approximate surface area is 143 Å². The average Bonchev–Trinajstić information content (AvgIpc) is 2.82. The number of nitrogens with zero attached hydrogens (tertiary/aromatic N) is 3. The van der Waals surface area contributed by atoms with Crippen molar-refractivity contribution in [2.24, 2.45) is 5.92 Å². The number of allylic oxidation sites excluding steroid dienone is 1. The van der Waals surface area contributed by atoms with Gasteiger partial charge in [0.25, 0.3) is 0 Å². The summed E-state index contributed by atoms with van der Waals surface area (Å²) in [6.07, 6.45) is 4.36. The lowest BCUT2D eigenvalue weighted by Crippen LogP contribution is -2.59. The van der Waals surface area contributed by atoms with Crippen molar-refractivity contribution in [3.8, 4) is 6.07 Å². The quantitative estimate of drug-likeness (QED) is 0.798. The van der Waals surface area contributed by atoms with Crippen LogP contribution < -0.4 is 0 Å². The molecule has 2 saturated heterocycles. The lowest BCUT2D eigenvalue weighted by molar-refractivity contribution is -0.126. The highest BCUT2D eigenvalue weighted by molar-refractivity contribution is 6.09. The summed E-state index contributed by atoms with van der Waals surface area (Å²) in [5.74, 6) is 0.0137. The Morgan fingerprint density at radius 1 is 1.08 bits per heavy atom. The van der Waals surface area contributed by atoms with Crippen LogP contribution in [-0.4, -0.2) is 41.4 Å². The van der Waals surface area contributed by atoms with Crippen LogP contribution >= 0.6 is 0 Å². The minimum atomic E-state index is -0.0448. The standard InChI is InChI=1S/C20H23N3O/c1-14-6-8-15(9-7-14)18-17(13-21)19(24)16-5-2-3-10-22-11-4-12-23(18)20(16)22/h6-9,16,20H,2-5,10-12H2,1H3. The first kappa shape index (κ1) is 15.4. The molecule has 3 heterocycles. The van der Waals surface area contributed by atoms with Crippen molar-refractivity contribution in [3.63, 3.8) is 0 Å². The summed E-state index contributed by atoms with van der Waals surface area (Å²) >= 11 is 0. The Morgan fingerprint density at radius 3 is 2.58 bits per heavy atom. The summed E-state index contributed by atoms with van der Waals surface area (Å²) < 4.78 is 0. The molecule has 3 aliphatic heterocycles. The number of Topliss-reactive ketones (excluding diaryl/α,β-unsaturated/α-hetero) is 1. The number of carbonyl (C=O) groups excluding carboxylic acids is 1. The smallest absolute Gasteiger partial charge is 0.182 e. The van der Waals surface area contributed by atoms with Gasteiger partial charge in [-0.2, -0.15) is 5.26 Å². The minimum Gasteiger partial charge on any atom is -0.353 e. The molecule has 3 aliphatic rings. The minimum absolute atomic E-state index is 0.0448. The molecule has 0 saturated carbocycles. The van der Waals surface area contributed by atoms with E-state index in [9.17, 15) is 10.1 Å². The molecular formula is C20H23N3O. The van der Waals surface area contributed by atoms with E-state index in [0.29, 0.717) is 5.57 Å². The monoisotopic (exact) mass is 321 g/mol. The largest absolute Gasteiger partial charge is 0.353 e. The van der Waals surface area contributed by atoms with Gasteiger partial charge in [-0.25, -0.2) is 0 Å². The van der Waals surface area contributed by atoms with Gasteiger partial charge in [-0.3, -0.25) is 9.69 Å². The van der Waals surface area contributed by atoms with Crippen LogP contribution in [0.1, 0.15) is 36.8 Å². The summed E-state index contributed by atoms with van der Waals surface area (Å²) in [6, 6.07) is 10.5. The van der Waals surface area contributed by atoms with E-state index < -0.39 is 0 Å². The molecule has 0 radical (unpaired) electrons. The molecule has 1 aromatic rings. The molecule has 2 fully saturated rings. The van der Waals surface area contributed by atoms with E-state index in [4.69, 9.17) is 0 Å². The second-order valence-corrected chi connectivity index (χ2v) is 7.16. The maximum absolute atomic E-state index is 13.1. The molecule has 0 N–H and O–H groups in total. The van der Waals surface area contributed by atoms with E-state index >= 15 is 0 Å². The van der Waals surface area contributed by atoms with Crippen LogP contribution in [0.5, 0.6) is 0 Å². The molecule has 1 aromatic carbocycles. The topological polar surface area (TPSA) is 47.3 Å². The van der Waals surface area contributed by atoms with Crippen LogP contribution in [0.25, 0.3) is 5.70 Å². The number of hydrogen-bond acceptors (Lipinski definition) is 4. The molecule has 4 heteroatoms. The van der Waals surface area contributed by atoms with E-state index in [1.54, 1.807) is 0 Å². The van der Waals surface area contributed by atoms with Gasteiger partial charge < -0.3 is 4.90 Å². The molecule has 0 aliphatic carbocycles. The van der Waals surface area contributed by atoms with Crippen molar-refractivity contribution < 1.29 is 4.79 Å². The highest BCUT2D eigenvalue weighted by Crippen LogP contribution is 2.41. The van der Waals surface area contributed by atoms with Gasteiger partial charge in [0.2, 0.25) is 0 Å². The average molecular weight is 321 g/mol.